The zero-order valence-corrected chi connectivity index (χ0v) is 12.3. The molecule has 0 radical (unpaired) electrons. The van der Waals surface area contributed by atoms with E-state index in [0.717, 1.165) is 24.9 Å². The first-order chi connectivity index (χ1) is 10.3. The number of ether oxygens (including phenoxy) is 1. The maximum atomic E-state index is 11.9. The minimum Gasteiger partial charge on any atom is -0.495 e. The topological polar surface area (TPSA) is 38.3 Å². The summed E-state index contributed by atoms with van der Waals surface area (Å²) in [5.41, 5.74) is 2.05. The van der Waals surface area contributed by atoms with Gasteiger partial charge in [-0.25, -0.2) is 0 Å². The number of rotatable bonds is 7. The zero-order valence-electron chi connectivity index (χ0n) is 12.3. The van der Waals surface area contributed by atoms with E-state index >= 15 is 0 Å². The number of para-hydroxylation sites is 2. The number of unbranched alkanes of at least 4 members (excludes halogenated alkanes) is 1. The standard InChI is InChI=1S/C18H21NO2/c1-21-17-13-7-6-12-16(17)19-18(20)14-8-5-11-15-9-3-2-4-10-15/h2-4,6-7,9-10,12-13H,5,8,11,14H2,1H3,(H,19,20). The Hall–Kier alpha value is -2.29. The Labute approximate surface area is 126 Å². The molecule has 3 heteroatoms. The highest BCUT2D eigenvalue weighted by molar-refractivity contribution is 5.92. The Morgan fingerprint density at radius 3 is 2.48 bits per heavy atom. The van der Waals surface area contributed by atoms with Crippen molar-refractivity contribution < 1.29 is 9.53 Å². The van der Waals surface area contributed by atoms with E-state index in [1.807, 2.05) is 42.5 Å². The molecule has 0 aromatic heterocycles. The van der Waals surface area contributed by atoms with Crippen molar-refractivity contribution in [1.82, 2.24) is 0 Å². The van der Waals surface area contributed by atoms with Crippen LogP contribution in [-0.4, -0.2) is 13.0 Å². The van der Waals surface area contributed by atoms with E-state index in [1.54, 1.807) is 7.11 Å². The molecular weight excluding hydrogens is 262 g/mol. The summed E-state index contributed by atoms with van der Waals surface area (Å²) >= 11 is 0. The van der Waals surface area contributed by atoms with Crippen LogP contribution in [0.3, 0.4) is 0 Å². The lowest BCUT2D eigenvalue weighted by Gasteiger charge is -2.09. The normalized spacial score (nSPS) is 10.1. The summed E-state index contributed by atoms with van der Waals surface area (Å²) in [5, 5.41) is 2.90. The van der Waals surface area contributed by atoms with Crippen LogP contribution >= 0.6 is 0 Å². The third kappa shape index (κ3) is 4.95. The number of carbonyl (C=O) groups excluding carboxylic acids is 1. The Bertz CT molecular complexity index is 566. The molecule has 0 bridgehead atoms. The molecule has 1 amide bonds. The summed E-state index contributed by atoms with van der Waals surface area (Å²) in [6.07, 6.45) is 3.45. The van der Waals surface area contributed by atoms with Crippen LogP contribution in [0.2, 0.25) is 0 Å². The van der Waals surface area contributed by atoms with Crippen molar-refractivity contribution in [3.63, 3.8) is 0 Å². The molecule has 21 heavy (non-hydrogen) atoms. The van der Waals surface area contributed by atoms with Crippen LogP contribution in [-0.2, 0) is 11.2 Å². The predicted octanol–water partition coefficient (Wildman–Crippen LogP) is 4.05. The molecule has 2 rings (SSSR count). The molecule has 0 spiro atoms. The van der Waals surface area contributed by atoms with Crippen molar-refractivity contribution in [1.29, 1.82) is 0 Å². The Morgan fingerprint density at radius 2 is 1.71 bits per heavy atom. The lowest BCUT2D eigenvalue weighted by Crippen LogP contribution is -2.11. The van der Waals surface area contributed by atoms with Crippen LogP contribution in [0.15, 0.2) is 54.6 Å². The van der Waals surface area contributed by atoms with Crippen molar-refractivity contribution in [3.05, 3.63) is 60.2 Å². The third-order valence-electron chi connectivity index (χ3n) is 3.34. The van der Waals surface area contributed by atoms with Gasteiger partial charge in [0.2, 0.25) is 5.91 Å². The minimum atomic E-state index is 0.0348. The van der Waals surface area contributed by atoms with Crippen molar-refractivity contribution in [2.75, 3.05) is 12.4 Å². The highest BCUT2D eigenvalue weighted by Gasteiger charge is 2.06. The van der Waals surface area contributed by atoms with Gasteiger partial charge in [-0.3, -0.25) is 4.79 Å². The molecule has 0 atom stereocenters. The van der Waals surface area contributed by atoms with Crippen LogP contribution in [0.5, 0.6) is 5.75 Å². The van der Waals surface area contributed by atoms with Crippen molar-refractivity contribution >= 4 is 11.6 Å². The Morgan fingerprint density at radius 1 is 1.00 bits per heavy atom. The van der Waals surface area contributed by atoms with Gasteiger partial charge < -0.3 is 10.1 Å². The van der Waals surface area contributed by atoms with E-state index in [4.69, 9.17) is 4.74 Å². The average molecular weight is 283 g/mol. The molecule has 0 saturated carbocycles. The fraction of sp³-hybridized carbons (Fsp3) is 0.278. The quantitative estimate of drug-likeness (QED) is 0.779. The number of amides is 1. The second-order valence-electron chi connectivity index (χ2n) is 4.94. The molecule has 0 unspecified atom stereocenters. The van der Waals surface area contributed by atoms with Crippen molar-refractivity contribution in [2.24, 2.45) is 0 Å². The summed E-state index contributed by atoms with van der Waals surface area (Å²) in [6.45, 7) is 0. The van der Waals surface area contributed by atoms with Gasteiger partial charge in [0.15, 0.2) is 0 Å². The maximum Gasteiger partial charge on any atom is 0.224 e. The molecular formula is C18H21NO2. The Balaban J connectivity index is 1.72. The maximum absolute atomic E-state index is 11.9. The summed E-state index contributed by atoms with van der Waals surface area (Å²) in [5.74, 6) is 0.725. The summed E-state index contributed by atoms with van der Waals surface area (Å²) in [4.78, 5) is 11.9. The van der Waals surface area contributed by atoms with Gasteiger partial charge in [0, 0.05) is 6.42 Å². The number of anilines is 1. The van der Waals surface area contributed by atoms with Crippen LogP contribution in [0.25, 0.3) is 0 Å². The van der Waals surface area contributed by atoms with Gasteiger partial charge >= 0.3 is 0 Å². The lowest BCUT2D eigenvalue weighted by molar-refractivity contribution is -0.116. The molecule has 0 heterocycles. The summed E-state index contributed by atoms with van der Waals surface area (Å²) in [6, 6.07) is 17.8. The van der Waals surface area contributed by atoms with Crippen LogP contribution in [0.1, 0.15) is 24.8 Å². The molecule has 0 aliphatic carbocycles. The molecule has 0 aliphatic rings. The van der Waals surface area contributed by atoms with E-state index in [-0.39, 0.29) is 5.91 Å². The molecule has 2 aromatic carbocycles. The van der Waals surface area contributed by atoms with Gasteiger partial charge in [-0.05, 0) is 37.0 Å². The number of methoxy groups -OCH3 is 1. The van der Waals surface area contributed by atoms with Crippen LogP contribution in [0, 0.1) is 0 Å². The molecule has 0 fully saturated rings. The highest BCUT2D eigenvalue weighted by Crippen LogP contribution is 2.23. The van der Waals surface area contributed by atoms with E-state index in [0.29, 0.717) is 12.2 Å². The zero-order chi connectivity index (χ0) is 14.9. The second kappa shape index (κ2) is 8.10. The van der Waals surface area contributed by atoms with E-state index in [9.17, 15) is 4.79 Å². The number of aryl methyl sites for hydroxylation is 1. The number of hydrogen-bond acceptors (Lipinski definition) is 2. The van der Waals surface area contributed by atoms with E-state index < -0.39 is 0 Å². The molecule has 110 valence electrons. The molecule has 0 saturated heterocycles. The third-order valence-corrected chi connectivity index (χ3v) is 3.34. The molecule has 2 aromatic rings. The summed E-state index contributed by atoms with van der Waals surface area (Å²) in [7, 11) is 1.60. The first kappa shape index (κ1) is 15.1. The first-order valence-corrected chi connectivity index (χ1v) is 7.26. The van der Waals surface area contributed by atoms with Gasteiger partial charge in [-0.1, -0.05) is 42.5 Å². The van der Waals surface area contributed by atoms with Gasteiger partial charge in [-0.2, -0.15) is 0 Å². The predicted molar refractivity (Wildman–Crippen MR) is 85.6 cm³/mol. The molecule has 3 nitrogen and oxygen atoms in total. The van der Waals surface area contributed by atoms with Gasteiger partial charge in [0.25, 0.3) is 0 Å². The number of benzene rings is 2. The van der Waals surface area contributed by atoms with Gasteiger partial charge in [0.1, 0.15) is 5.75 Å². The first-order valence-electron chi connectivity index (χ1n) is 7.26. The van der Waals surface area contributed by atoms with Gasteiger partial charge in [-0.15, -0.1) is 0 Å². The molecule has 0 aliphatic heterocycles. The SMILES string of the molecule is COc1ccccc1NC(=O)CCCCc1ccccc1. The fourth-order valence-corrected chi connectivity index (χ4v) is 2.22. The number of hydrogen-bond donors (Lipinski definition) is 1. The number of carbonyl (C=O) groups is 1. The second-order valence-corrected chi connectivity index (χ2v) is 4.94. The average Bonchev–Trinajstić information content (AvgIpc) is 2.53. The summed E-state index contributed by atoms with van der Waals surface area (Å²) < 4.78 is 5.21. The van der Waals surface area contributed by atoms with E-state index in [2.05, 4.69) is 17.4 Å². The van der Waals surface area contributed by atoms with E-state index in [1.165, 1.54) is 5.56 Å². The number of nitrogens with one attached hydrogen (secondary N) is 1. The Kier molecular flexibility index (Phi) is 5.83. The fourth-order valence-electron chi connectivity index (χ4n) is 2.22. The largest absolute Gasteiger partial charge is 0.495 e. The van der Waals surface area contributed by atoms with Crippen LogP contribution < -0.4 is 10.1 Å². The van der Waals surface area contributed by atoms with Crippen molar-refractivity contribution in [3.8, 4) is 5.75 Å². The smallest absolute Gasteiger partial charge is 0.224 e. The monoisotopic (exact) mass is 283 g/mol. The van der Waals surface area contributed by atoms with Gasteiger partial charge in [0.05, 0.1) is 12.8 Å². The van der Waals surface area contributed by atoms with Crippen LogP contribution in [0.4, 0.5) is 5.69 Å². The van der Waals surface area contributed by atoms with Crippen molar-refractivity contribution in [2.45, 2.75) is 25.7 Å². The highest BCUT2D eigenvalue weighted by atomic mass is 16.5. The minimum absolute atomic E-state index is 0.0348. The molecule has 1 N–H and O–H groups in total. The lowest BCUT2D eigenvalue weighted by atomic mass is 10.1.